The van der Waals surface area contributed by atoms with Crippen LogP contribution >= 0.6 is 15.9 Å². The van der Waals surface area contributed by atoms with E-state index in [1.807, 2.05) is 0 Å². The third-order valence-corrected chi connectivity index (χ3v) is 7.68. The molecule has 0 aliphatic rings. The van der Waals surface area contributed by atoms with E-state index in [4.69, 9.17) is 9.53 Å². The van der Waals surface area contributed by atoms with Crippen molar-refractivity contribution in [3.63, 3.8) is 0 Å². The molecule has 0 fully saturated rings. The van der Waals surface area contributed by atoms with Crippen LogP contribution in [0.4, 0.5) is 0 Å². The summed E-state index contributed by atoms with van der Waals surface area (Å²) in [5, 5.41) is 9.07. The van der Waals surface area contributed by atoms with Gasteiger partial charge < -0.3 is 9.53 Å². The highest BCUT2D eigenvalue weighted by Gasteiger charge is 2.37. The first-order chi connectivity index (χ1) is 5.70. The van der Waals surface area contributed by atoms with E-state index < -0.39 is 8.32 Å². The molecule has 0 spiro atoms. The minimum atomic E-state index is -1.63. The molecule has 0 aromatic rings. The number of aliphatic hydroxyl groups excluding tert-OH is 1. The summed E-state index contributed by atoms with van der Waals surface area (Å²) in [6.07, 6.45) is 0. The van der Waals surface area contributed by atoms with Crippen LogP contribution in [0.15, 0.2) is 0 Å². The maximum atomic E-state index is 8.82. The number of alkyl halides is 1. The number of aliphatic hydroxyl groups is 1. The summed E-state index contributed by atoms with van der Waals surface area (Å²) in [7, 11) is -1.63. The standard InChI is InChI=1S/C9H21BrO2Si/c1-9(2,3)13(4,5)12-7-8(10)6-11/h8,11H,6-7H2,1-5H3/t8-/m1/s1. The van der Waals surface area contributed by atoms with Gasteiger partial charge in [0.25, 0.3) is 0 Å². The van der Waals surface area contributed by atoms with Crippen LogP contribution in [0, 0.1) is 0 Å². The van der Waals surface area contributed by atoms with Gasteiger partial charge in [-0.15, -0.1) is 0 Å². The molecule has 0 aromatic carbocycles. The van der Waals surface area contributed by atoms with Crippen molar-refractivity contribution in [2.24, 2.45) is 0 Å². The lowest BCUT2D eigenvalue weighted by atomic mass is 10.2. The Morgan fingerprint density at radius 2 is 1.85 bits per heavy atom. The maximum absolute atomic E-state index is 8.82. The average molecular weight is 269 g/mol. The molecule has 13 heavy (non-hydrogen) atoms. The van der Waals surface area contributed by atoms with Crippen molar-refractivity contribution in [2.45, 2.75) is 43.7 Å². The topological polar surface area (TPSA) is 29.5 Å². The Hall–Kier alpha value is 0.617. The predicted octanol–water partition coefficient (Wildman–Crippen LogP) is 2.76. The van der Waals surface area contributed by atoms with E-state index in [0.29, 0.717) is 6.61 Å². The fourth-order valence-electron chi connectivity index (χ4n) is 0.568. The Morgan fingerprint density at radius 3 is 2.15 bits per heavy atom. The van der Waals surface area contributed by atoms with Crippen molar-refractivity contribution in [3.8, 4) is 0 Å². The molecular weight excluding hydrogens is 248 g/mol. The summed E-state index contributed by atoms with van der Waals surface area (Å²) in [6.45, 7) is 11.8. The molecule has 0 saturated heterocycles. The minimum absolute atomic E-state index is 0.0709. The van der Waals surface area contributed by atoms with Crippen molar-refractivity contribution < 1.29 is 9.53 Å². The zero-order chi connectivity index (χ0) is 10.7. The molecule has 0 saturated carbocycles. The second kappa shape index (κ2) is 4.91. The largest absolute Gasteiger partial charge is 0.416 e. The van der Waals surface area contributed by atoms with Crippen LogP contribution in [0.1, 0.15) is 20.8 Å². The molecule has 0 heterocycles. The van der Waals surface area contributed by atoms with Crippen LogP contribution in [0.5, 0.6) is 0 Å². The number of rotatable bonds is 4. The second-order valence-electron chi connectivity index (χ2n) is 4.85. The molecular formula is C9H21BrO2Si. The predicted molar refractivity (Wildman–Crippen MR) is 62.9 cm³/mol. The van der Waals surface area contributed by atoms with Crippen molar-refractivity contribution in [1.82, 2.24) is 0 Å². The quantitative estimate of drug-likeness (QED) is 0.628. The SMILES string of the molecule is CC(C)(C)[Si](C)(C)OC[C@H](Br)CO. The number of halogens is 1. The van der Waals surface area contributed by atoms with Gasteiger partial charge in [-0.05, 0) is 18.1 Å². The molecule has 0 aliphatic heterocycles. The molecule has 1 N–H and O–H groups in total. The molecule has 2 nitrogen and oxygen atoms in total. The van der Waals surface area contributed by atoms with E-state index in [2.05, 4.69) is 49.8 Å². The van der Waals surface area contributed by atoms with Gasteiger partial charge in [0.1, 0.15) is 0 Å². The highest BCUT2D eigenvalue weighted by atomic mass is 79.9. The van der Waals surface area contributed by atoms with Gasteiger partial charge in [-0.3, -0.25) is 0 Å². The fourth-order valence-corrected chi connectivity index (χ4v) is 1.99. The first-order valence-electron chi connectivity index (χ1n) is 4.59. The summed E-state index contributed by atoms with van der Waals surface area (Å²) in [5.74, 6) is 0. The third-order valence-electron chi connectivity index (χ3n) is 2.63. The summed E-state index contributed by atoms with van der Waals surface area (Å²) in [5.41, 5.74) is 0. The Kier molecular flexibility index (Phi) is 5.15. The summed E-state index contributed by atoms with van der Waals surface area (Å²) >= 11 is 3.34. The molecule has 4 heteroatoms. The Balaban J connectivity index is 4.04. The Morgan fingerprint density at radius 1 is 1.38 bits per heavy atom. The normalized spacial score (nSPS) is 15.9. The van der Waals surface area contributed by atoms with E-state index in [0.717, 1.165) is 0 Å². The molecule has 0 aliphatic carbocycles. The number of hydrogen-bond donors (Lipinski definition) is 1. The average Bonchev–Trinajstić information content (AvgIpc) is 1.98. The Bertz CT molecular complexity index is 154. The third kappa shape index (κ3) is 4.58. The smallest absolute Gasteiger partial charge is 0.192 e. The van der Waals surface area contributed by atoms with Crippen LogP contribution in [-0.4, -0.2) is 31.5 Å². The molecule has 0 amide bonds. The van der Waals surface area contributed by atoms with Crippen molar-refractivity contribution in [3.05, 3.63) is 0 Å². The van der Waals surface area contributed by atoms with Crippen molar-refractivity contribution >= 4 is 24.2 Å². The molecule has 0 aromatic heterocycles. The summed E-state index contributed by atoms with van der Waals surface area (Å²) in [6, 6.07) is 0. The summed E-state index contributed by atoms with van der Waals surface area (Å²) < 4.78 is 5.88. The van der Waals surface area contributed by atoms with E-state index in [1.54, 1.807) is 0 Å². The lowest BCUT2D eigenvalue weighted by Crippen LogP contribution is -2.42. The first-order valence-corrected chi connectivity index (χ1v) is 8.42. The van der Waals surface area contributed by atoms with Gasteiger partial charge in [-0.25, -0.2) is 0 Å². The van der Waals surface area contributed by atoms with E-state index in [-0.39, 0.29) is 16.5 Å². The fraction of sp³-hybridized carbons (Fsp3) is 1.00. The van der Waals surface area contributed by atoms with E-state index in [9.17, 15) is 0 Å². The number of hydrogen-bond acceptors (Lipinski definition) is 2. The monoisotopic (exact) mass is 268 g/mol. The first kappa shape index (κ1) is 13.6. The van der Waals surface area contributed by atoms with E-state index >= 15 is 0 Å². The van der Waals surface area contributed by atoms with Gasteiger partial charge in [-0.2, -0.15) is 0 Å². The van der Waals surface area contributed by atoms with E-state index in [1.165, 1.54) is 0 Å². The van der Waals surface area contributed by atoms with Crippen LogP contribution in [0.2, 0.25) is 18.1 Å². The molecule has 80 valence electrons. The lowest BCUT2D eigenvalue weighted by molar-refractivity contribution is 0.231. The minimum Gasteiger partial charge on any atom is -0.416 e. The highest BCUT2D eigenvalue weighted by molar-refractivity contribution is 9.09. The van der Waals surface area contributed by atoms with Crippen LogP contribution in [0.3, 0.4) is 0 Å². The van der Waals surface area contributed by atoms with Crippen molar-refractivity contribution in [1.29, 1.82) is 0 Å². The maximum Gasteiger partial charge on any atom is 0.192 e. The van der Waals surface area contributed by atoms with Gasteiger partial charge in [0.15, 0.2) is 8.32 Å². The molecule has 0 unspecified atom stereocenters. The highest BCUT2D eigenvalue weighted by Crippen LogP contribution is 2.36. The van der Waals surface area contributed by atoms with Gasteiger partial charge in [-0.1, -0.05) is 36.7 Å². The van der Waals surface area contributed by atoms with Gasteiger partial charge >= 0.3 is 0 Å². The van der Waals surface area contributed by atoms with Crippen LogP contribution in [0.25, 0.3) is 0 Å². The Labute approximate surface area is 90.9 Å². The van der Waals surface area contributed by atoms with Gasteiger partial charge in [0.2, 0.25) is 0 Å². The second-order valence-corrected chi connectivity index (χ2v) is 11.0. The zero-order valence-electron chi connectivity index (χ0n) is 9.22. The zero-order valence-corrected chi connectivity index (χ0v) is 11.8. The lowest BCUT2D eigenvalue weighted by Gasteiger charge is -2.36. The van der Waals surface area contributed by atoms with Crippen LogP contribution in [-0.2, 0) is 4.43 Å². The van der Waals surface area contributed by atoms with Crippen molar-refractivity contribution in [2.75, 3.05) is 13.2 Å². The van der Waals surface area contributed by atoms with Gasteiger partial charge in [0, 0.05) is 6.61 Å². The molecule has 0 rings (SSSR count). The molecule has 0 bridgehead atoms. The van der Waals surface area contributed by atoms with Gasteiger partial charge in [0.05, 0.1) is 11.4 Å². The molecule has 0 radical (unpaired) electrons. The van der Waals surface area contributed by atoms with Crippen LogP contribution < -0.4 is 0 Å². The molecule has 1 atom stereocenters. The summed E-state index contributed by atoms with van der Waals surface area (Å²) in [4.78, 5) is 0.0709.